The van der Waals surface area contributed by atoms with Gasteiger partial charge in [-0.25, -0.2) is 0 Å². The summed E-state index contributed by atoms with van der Waals surface area (Å²) in [5, 5.41) is 0.838. The molecule has 1 heterocycles. The molecular formula is C24H25NO6. The zero-order valence-electron chi connectivity index (χ0n) is 18.2. The molecule has 1 aromatic heterocycles. The molecule has 162 valence electrons. The van der Waals surface area contributed by atoms with Gasteiger partial charge in [-0.1, -0.05) is 6.07 Å². The van der Waals surface area contributed by atoms with E-state index in [2.05, 4.69) is 4.98 Å². The van der Waals surface area contributed by atoms with Gasteiger partial charge in [0, 0.05) is 17.1 Å². The SMILES string of the molecule is COC(=O)C(Cc1cnc2cccc(OC)c2c1)c1cc(OC)c(OC)cc1C(C)=O. The molecule has 0 aliphatic carbocycles. The Bertz CT molecular complexity index is 1120. The van der Waals surface area contributed by atoms with Crippen molar-refractivity contribution in [3.63, 3.8) is 0 Å². The van der Waals surface area contributed by atoms with Crippen molar-refractivity contribution in [2.45, 2.75) is 19.3 Å². The third kappa shape index (κ3) is 4.45. The molecule has 0 saturated carbocycles. The summed E-state index contributed by atoms with van der Waals surface area (Å²) in [6.07, 6.45) is 2.00. The maximum atomic E-state index is 12.8. The second-order valence-electron chi connectivity index (χ2n) is 7.00. The molecule has 31 heavy (non-hydrogen) atoms. The lowest BCUT2D eigenvalue weighted by Crippen LogP contribution is -2.20. The van der Waals surface area contributed by atoms with Crippen LogP contribution in [0, 0.1) is 0 Å². The number of aromatic nitrogens is 1. The van der Waals surface area contributed by atoms with E-state index in [1.807, 2.05) is 24.3 Å². The van der Waals surface area contributed by atoms with Crippen LogP contribution in [0.15, 0.2) is 42.6 Å². The molecule has 0 fully saturated rings. The van der Waals surface area contributed by atoms with Crippen LogP contribution < -0.4 is 14.2 Å². The van der Waals surface area contributed by atoms with E-state index in [-0.39, 0.29) is 12.2 Å². The van der Waals surface area contributed by atoms with Gasteiger partial charge in [0.25, 0.3) is 0 Å². The Labute approximate surface area is 180 Å². The summed E-state index contributed by atoms with van der Waals surface area (Å²) in [7, 11) is 5.92. The number of Topliss-reactive ketones (excluding diaryl/α,β-unsaturated/α-hetero) is 1. The van der Waals surface area contributed by atoms with E-state index < -0.39 is 11.9 Å². The summed E-state index contributed by atoms with van der Waals surface area (Å²) < 4.78 is 21.2. The van der Waals surface area contributed by atoms with Gasteiger partial charge in [0.1, 0.15) is 5.75 Å². The monoisotopic (exact) mass is 423 g/mol. The first kappa shape index (κ1) is 22.1. The summed E-state index contributed by atoms with van der Waals surface area (Å²) in [5.41, 5.74) is 2.47. The summed E-state index contributed by atoms with van der Waals surface area (Å²) >= 11 is 0. The highest BCUT2D eigenvalue weighted by molar-refractivity contribution is 5.98. The van der Waals surface area contributed by atoms with Gasteiger partial charge in [-0.05, 0) is 54.8 Å². The molecule has 0 bridgehead atoms. The minimum Gasteiger partial charge on any atom is -0.496 e. The predicted molar refractivity (Wildman–Crippen MR) is 116 cm³/mol. The minimum atomic E-state index is -0.738. The smallest absolute Gasteiger partial charge is 0.313 e. The third-order valence-corrected chi connectivity index (χ3v) is 5.20. The summed E-state index contributed by atoms with van der Waals surface area (Å²) in [6, 6.07) is 10.8. The average molecular weight is 423 g/mol. The number of methoxy groups -OCH3 is 4. The van der Waals surface area contributed by atoms with Gasteiger partial charge in [-0.15, -0.1) is 0 Å². The fourth-order valence-electron chi connectivity index (χ4n) is 3.64. The van der Waals surface area contributed by atoms with Gasteiger partial charge in [0.2, 0.25) is 0 Å². The fraction of sp³-hybridized carbons (Fsp3) is 0.292. The van der Waals surface area contributed by atoms with Crippen LogP contribution in [-0.2, 0) is 16.0 Å². The first-order valence-electron chi connectivity index (χ1n) is 9.69. The number of hydrogen-bond donors (Lipinski definition) is 0. The van der Waals surface area contributed by atoms with Crippen molar-refractivity contribution < 1.29 is 28.5 Å². The van der Waals surface area contributed by atoms with Gasteiger partial charge in [-0.2, -0.15) is 0 Å². The maximum Gasteiger partial charge on any atom is 0.313 e. The third-order valence-electron chi connectivity index (χ3n) is 5.20. The molecule has 2 aromatic carbocycles. The van der Waals surface area contributed by atoms with Crippen LogP contribution in [0.5, 0.6) is 17.2 Å². The largest absolute Gasteiger partial charge is 0.496 e. The lowest BCUT2D eigenvalue weighted by atomic mass is 9.87. The molecule has 3 rings (SSSR count). The van der Waals surface area contributed by atoms with E-state index in [1.165, 1.54) is 28.3 Å². The van der Waals surface area contributed by atoms with E-state index in [1.54, 1.807) is 25.4 Å². The van der Waals surface area contributed by atoms with Crippen molar-refractivity contribution in [2.24, 2.45) is 0 Å². The number of carbonyl (C=O) groups is 2. The normalized spacial score (nSPS) is 11.6. The van der Waals surface area contributed by atoms with Gasteiger partial charge in [-0.3, -0.25) is 14.6 Å². The first-order valence-corrected chi connectivity index (χ1v) is 9.69. The Morgan fingerprint density at radius 1 is 0.935 bits per heavy atom. The number of carbonyl (C=O) groups excluding carboxylic acids is 2. The van der Waals surface area contributed by atoms with Crippen LogP contribution in [0.4, 0.5) is 0 Å². The van der Waals surface area contributed by atoms with Gasteiger partial charge < -0.3 is 18.9 Å². The molecule has 0 amide bonds. The van der Waals surface area contributed by atoms with Crippen molar-refractivity contribution in [3.8, 4) is 17.2 Å². The number of pyridine rings is 1. The number of hydrogen-bond acceptors (Lipinski definition) is 7. The molecule has 0 aliphatic heterocycles. The molecule has 3 aromatic rings. The quantitative estimate of drug-likeness (QED) is 0.400. The Hall–Kier alpha value is -3.61. The van der Waals surface area contributed by atoms with Gasteiger partial charge in [0.05, 0.1) is 39.9 Å². The van der Waals surface area contributed by atoms with E-state index in [0.29, 0.717) is 28.4 Å². The lowest BCUT2D eigenvalue weighted by Gasteiger charge is -2.20. The zero-order chi connectivity index (χ0) is 22.5. The molecule has 0 N–H and O–H groups in total. The number of esters is 1. The van der Waals surface area contributed by atoms with Crippen LogP contribution in [0.2, 0.25) is 0 Å². The molecule has 7 nitrogen and oxygen atoms in total. The summed E-state index contributed by atoms with van der Waals surface area (Å²) in [5.74, 6) is 0.138. The highest BCUT2D eigenvalue weighted by Gasteiger charge is 2.28. The Balaban J connectivity index is 2.13. The lowest BCUT2D eigenvalue weighted by molar-refractivity contribution is -0.142. The van der Waals surface area contributed by atoms with Gasteiger partial charge >= 0.3 is 5.97 Å². The van der Waals surface area contributed by atoms with E-state index >= 15 is 0 Å². The highest BCUT2D eigenvalue weighted by atomic mass is 16.5. The molecule has 0 radical (unpaired) electrons. The van der Waals surface area contributed by atoms with Gasteiger partial charge in [0.15, 0.2) is 17.3 Å². The number of nitrogens with zero attached hydrogens (tertiary/aromatic N) is 1. The maximum absolute atomic E-state index is 12.8. The number of ether oxygens (including phenoxy) is 4. The van der Waals surface area contributed by atoms with Crippen LogP contribution in [0.25, 0.3) is 10.9 Å². The van der Waals surface area contributed by atoms with E-state index in [4.69, 9.17) is 18.9 Å². The molecule has 1 atom stereocenters. The number of ketones is 1. The average Bonchev–Trinajstić information content (AvgIpc) is 2.80. The van der Waals surface area contributed by atoms with Crippen LogP contribution in [0.1, 0.15) is 34.3 Å². The second kappa shape index (κ2) is 9.47. The van der Waals surface area contributed by atoms with Crippen molar-refractivity contribution >= 4 is 22.7 Å². The standard InChI is InChI=1S/C24H25NO6/c1-14(26)16-11-22(29-3)23(30-4)12-17(16)18(24(27)31-5)9-15-10-19-20(25-13-15)7-6-8-21(19)28-2/h6-8,10-13,18H,9H2,1-5H3. The van der Waals surface area contributed by atoms with E-state index in [0.717, 1.165) is 16.5 Å². The molecule has 1 unspecified atom stereocenters. The molecule has 0 saturated heterocycles. The Morgan fingerprint density at radius 3 is 2.23 bits per heavy atom. The van der Waals surface area contributed by atoms with Crippen LogP contribution in [-0.4, -0.2) is 45.2 Å². The molecular weight excluding hydrogens is 398 g/mol. The fourth-order valence-corrected chi connectivity index (χ4v) is 3.64. The minimum absolute atomic E-state index is 0.192. The number of fused-ring (bicyclic) bond motifs is 1. The number of benzene rings is 2. The molecule has 7 heteroatoms. The van der Waals surface area contributed by atoms with Crippen molar-refractivity contribution in [1.82, 2.24) is 4.98 Å². The summed E-state index contributed by atoms with van der Waals surface area (Å²) in [4.78, 5) is 29.7. The zero-order valence-corrected chi connectivity index (χ0v) is 18.2. The Morgan fingerprint density at radius 2 is 1.61 bits per heavy atom. The van der Waals surface area contributed by atoms with Crippen LogP contribution in [0.3, 0.4) is 0 Å². The van der Waals surface area contributed by atoms with E-state index in [9.17, 15) is 9.59 Å². The predicted octanol–water partition coefficient (Wildman–Crippen LogP) is 3.96. The first-order chi connectivity index (χ1) is 14.9. The van der Waals surface area contributed by atoms with Crippen molar-refractivity contribution in [1.29, 1.82) is 0 Å². The van der Waals surface area contributed by atoms with Crippen molar-refractivity contribution in [2.75, 3.05) is 28.4 Å². The highest BCUT2D eigenvalue weighted by Crippen LogP contribution is 2.36. The second-order valence-corrected chi connectivity index (χ2v) is 7.00. The topological polar surface area (TPSA) is 84.0 Å². The Kier molecular flexibility index (Phi) is 6.74. The molecule has 0 spiro atoms. The van der Waals surface area contributed by atoms with Crippen LogP contribution >= 0.6 is 0 Å². The number of rotatable bonds is 8. The van der Waals surface area contributed by atoms with Crippen molar-refractivity contribution in [3.05, 3.63) is 59.3 Å². The summed E-state index contributed by atoms with van der Waals surface area (Å²) in [6.45, 7) is 1.45. The molecule has 0 aliphatic rings.